The zero-order valence-electron chi connectivity index (χ0n) is 15.8. The maximum Gasteiger partial charge on any atom is 0.325 e. The number of fused-ring (bicyclic) bond motifs is 1. The summed E-state index contributed by atoms with van der Waals surface area (Å²) < 4.78 is 5.20. The summed E-state index contributed by atoms with van der Waals surface area (Å²) in [5.74, 6) is 0.448. The minimum atomic E-state index is -1.07. The number of imide groups is 1. The minimum Gasteiger partial charge on any atom is -0.497 e. The van der Waals surface area contributed by atoms with Crippen molar-refractivity contribution in [2.75, 3.05) is 7.11 Å². The molecule has 0 aliphatic carbocycles. The van der Waals surface area contributed by atoms with Crippen LogP contribution in [0.2, 0.25) is 0 Å². The lowest BCUT2D eigenvalue weighted by molar-refractivity contribution is -0.132. The number of carbonyl (C=O) groups is 2. The summed E-state index contributed by atoms with van der Waals surface area (Å²) in [6.07, 6.45) is 2.17. The van der Waals surface area contributed by atoms with E-state index < -0.39 is 11.6 Å². The van der Waals surface area contributed by atoms with Crippen LogP contribution in [0.3, 0.4) is 0 Å². The number of methoxy groups -OCH3 is 1. The Labute approximate surface area is 163 Å². The lowest BCUT2D eigenvalue weighted by Crippen LogP contribution is -2.43. The van der Waals surface area contributed by atoms with Gasteiger partial charge < -0.3 is 10.1 Å². The number of rotatable bonds is 5. The molecule has 6 nitrogen and oxygen atoms in total. The summed E-state index contributed by atoms with van der Waals surface area (Å²) >= 11 is 0. The number of amides is 3. The lowest BCUT2D eigenvalue weighted by atomic mass is 9.87. The van der Waals surface area contributed by atoms with Crippen molar-refractivity contribution >= 4 is 22.8 Å². The largest absolute Gasteiger partial charge is 0.497 e. The Bertz CT molecular complexity index is 1040. The SMILES string of the molecule is CCC1(c2ccc(OC)cc2)NC(=O)N(Cc2cccc3cccnc23)C1=O. The highest BCUT2D eigenvalue weighted by atomic mass is 16.5. The van der Waals surface area contributed by atoms with Crippen molar-refractivity contribution in [1.82, 2.24) is 15.2 Å². The molecular weight excluding hydrogens is 354 g/mol. The minimum absolute atomic E-state index is 0.178. The first kappa shape index (κ1) is 18.0. The van der Waals surface area contributed by atoms with Crippen LogP contribution in [-0.4, -0.2) is 28.9 Å². The van der Waals surface area contributed by atoms with Gasteiger partial charge in [-0.2, -0.15) is 0 Å². The molecule has 1 aliphatic rings. The van der Waals surface area contributed by atoms with Crippen LogP contribution in [0.15, 0.2) is 60.8 Å². The maximum absolute atomic E-state index is 13.4. The van der Waals surface area contributed by atoms with Gasteiger partial charge in [-0.25, -0.2) is 4.79 Å². The number of nitrogens with one attached hydrogen (secondary N) is 1. The van der Waals surface area contributed by atoms with Crippen molar-refractivity contribution in [1.29, 1.82) is 0 Å². The molecule has 2 aromatic carbocycles. The average Bonchev–Trinajstić information content (AvgIpc) is 2.99. The first-order valence-electron chi connectivity index (χ1n) is 9.20. The van der Waals surface area contributed by atoms with Gasteiger partial charge in [-0.15, -0.1) is 0 Å². The molecule has 1 atom stereocenters. The van der Waals surface area contributed by atoms with Crippen molar-refractivity contribution in [2.24, 2.45) is 0 Å². The van der Waals surface area contributed by atoms with Crippen LogP contribution in [0.5, 0.6) is 5.75 Å². The van der Waals surface area contributed by atoms with Gasteiger partial charge >= 0.3 is 6.03 Å². The fraction of sp³-hybridized carbons (Fsp3) is 0.227. The third-order valence-electron chi connectivity index (χ3n) is 5.33. The molecule has 1 unspecified atom stereocenters. The molecule has 0 radical (unpaired) electrons. The molecule has 0 spiro atoms. The Morgan fingerprint density at radius 2 is 1.82 bits per heavy atom. The summed E-state index contributed by atoms with van der Waals surface area (Å²) in [5, 5.41) is 3.89. The average molecular weight is 375 g/mol. The van der Waals surface area contributed by atoms with Gasteiger partial charge in [0.1, 0.15) is 11.3 Å². The molecule has 3 amide bonds. The third kappa shape index (κ3) is 2.78. The standard InChI is InChI=1S/C22H21N3O3/c1-3-22(17-9-11-18(28-2)12-10-17)20(26)25(21(27)24-22)14-16-7-4-6-15-8-5-13-23-19(15)16/h4-13H,3,14H2,1-2H3,(H,24,27). The molecule has 3 aromatic rings. The Balaban J connectivity index is 1.69. The Morgan fingerprint density at radius 3 is 2.54 bits per heavy atom. The zero-order valence-corrected chi connectivity index (χ0v) is 15.8. The van der Waals surface area contributed by atoms with E-state index in [1.54, 1.807) is 25.4 Å². The number of ether oxygens (including phenoxy) is 1. The van der Waals surface area contributed by atoms with Crippen molar-refractivity contribution in [3.63, 3.8) is 0 Å². The van der Waals surface area contributed by atoms with Crippen molar-refractivity contribution in [2.45, 2.75) is 25.4 Å². The quantitative estimate of drug-likeness (QED) is 0.692. The monoisotopic (exact) mass is 375 g/mol. The number of urea groups is 1. The van der Waals surface area contributed by atoms with Gasteiger partial charge in [-0.3, -0.25) is 14.7 Å². The molecule has 1 aliphatic heterocycles. The van der Waals surface area contributed by atoms with Crippen molar-refractivity contribution in [3.8, 4) is 5.75 Å². The fourth-order valence-corrected chi connectivity index (χ4v) is 3.75. The van der Waals surface area contributed by atoms with E-state index in [0.717, 1.165) is 22.0 Å². The number of aromatic nitrogens is 1. The molecule has 1 N–H and O–H groups in total. The van der Waals surface area contributed by atoms with Gasteiger partial charge in [-0.1, -0.05) is 43.3 Å². The molecule has 0 saturated carbocycles. The summed E-state index contributed by atoms with van der Waals surface area (Å²) in [7, 11) is 1.59. The Hall–Kier alpha value is -3.41. The normalized spacial score (nSPS) is 19.1. The van der Waals surface area contributed by atoms with Crippen LogP contribution in [0.1, 0.15) is 24.5 Å². The topological polar surface area (TPSA) is 71.5 Å². The van der Waals surface area contributed by atoms with Crippen molar-refractivity contribution in [3.05, 3.63) is 71.9 Å². The Morgan fingerprint density at radius 1 is 1.07 bits per heavy atom. The van der Waals surface area contributed by atoms with E-state index in [4.69, 9.17) is 4.74 Å². The number of benzene rings is 2. The van der Waals surface area contributed by atoms with Gasteiger partial charge in [0.25, 0.3) is 5.91 Å². The summed E-state index contributed by atoms with van der Waals surface area (Å²) in [5.41, 5.74) is 1.31. The van der Waals surface area contributed by atoms with Gasteiger partial charge in [-0.05, 0) is 35.7 Å². The highest BCUT2D eigenvalue weighted by Crippen LogP contribution is 2.34. The van der Waals surface area contributed by atoms with Crippen LogP contribution in [0.4, 0.5) is 4.79 Å². The van der Waals surface area contributed by atoms with Crippen LogP contribution in [0, 0.1) is 0 Å². The zero-order chi connectivity index (χ0) is 19.7. The van der Waals surface area contributed by atoms with Crippen LogP contribution in [-0.2, 0) is 16.9 Å². The molecule has 4 rings (SSSR count). The molecule has 1 saturated heterocycles. The predicted octanol–water partition coefficient (Wildman–Crippen LogP) is 3.60. The van der Waals surface area contributed by atoms with Crippen LogP contribution < -0.4 is 10.1 Å². The summed E-state index contributed by atoms with van der Waals surface area (Å²) in [6, 6.07) is 16.4. The fourth-order valence-electron chi connectivity index (χ4n) is 3.75. The molecule has 1 fully saturated rings. The van der Waals surface area contributed by atoms with Gasteiger partial charge in [0.2, 0.25) is 0 Å². The predicted molar refractivity (Wildman–Crippen MR) is 106 cm³/mol. The molecule has 1 aromatic heterocycles. The lowest BCUT2D eigenvalue weighted by Gasteiger charge is -2.26. The molecule has 2 heterocycles. The van der Waals surface area contributed by atoms with Crippen LogP contribution in [0.25, 0.3) is 10.9 Å². The molecule has 6 heteroatoms. The second-order valence-electron chi connectivity index (χ2n) is 6.80. The smallest absolute Gasteiger partial charge is 0.325 e. The first-order chi connectivity index (χ1) is 13.6. The van der Waals surface area contributed by atoms with E-state index in [-0.39, 0.29) is 12.5 Å². The van der Waals surface area contributed by atoms with Gasteiger partial charge in [0.05, 0.1) is 19.2 Å². The number of hydrogen-bond donors (Lipinski definition) is 1. The first-order valence-corrected chi connectivity index (χ1v) is 9.20. The highest BCUT2D eigenvalue weighted by molar-refractivity contribution is 6.07. The number of carbonyl (C=O) groups excluding carboxylic acids is 2. The van der Waals surface area contributed by atoms with Crippen molar-refractivity contribution < 1.29 is 14.3 Å². The van der Waals surface area contributed by atoms with Gasteiger partial charge in [0, 0.05) is 11.6 Å². The van der Waals surface area contributed by atoms with E-state index >= 15 is 0 Å². The van der Waals surface area contributed by atoms with E-state index in [9.17, 15) is 9.59 Å². The van der Waals surface area contributed by atoms with Gasteiger partial charge in [0.15, 0.2) is 0 Å². The van der Waals surface area contributed by atoms with E-state index in [2.05, 4.69) is 10.3 Å². The molecule has 142 valence electrons. The highest BCUT2D eigenvalue weighted by Gasteiger charge is 2.51. The second kappa shape index (κ2) is 6.96. The molecule has 0 bridgehead atoms. The summed E-state index contributed by atoms with van der Waals surface area (Å²) in [4.78, 5) is 31.8. The second-order valence-corrected chi connectivity index (χ2v) is 6.80. The summed E-state index contributed by atoms with van der Waals surface area (Å²) in [6.45, 7) is 2.07. The number of nitrogens with zero attached hydrogens (tertiary/aromatic N) is 2. The van der Waals surface area contributed by atoms with E-state index in [0.29, 0.717) is 12.2 Å². The van der Waals surface area contributed by atoms with E-state index in [1.165, 1.54) is 4.90 Å². The van der Waals surface area contributed by atoms with Crippen LogP contribution >= 0.6 is 0 Å². The maximum atomic E-state index is 13.4. The number of hydrogen-bond acceptors (Lipinski definition) is 4. The molecule has 28 heavy (non-hydrogen) atoms. The Kier molecular flexibility index (Phi) is 4.47. The number of pyridine rings is 1. The van der Waals surface area contributed by atoms with E-state index in [1.807, 2.05) is 49.4 Å². The third-order valence-corrected chi connectivity index (χ3v) is 5.33. The number of para-hydroxylation sites is 1. The molecular formula is C22H21N3O3.